The van der Waals surface area contributed by atoms with Gasteiger partial charge in [-0.2, -0.15) is 12.6 Å². The van der Waals surface area contributed by atoms with Crippen molar-refractivity contribution in [1.82, 2.24) is 0 Å². The molecule has 172 valence electrons. The normalized spacial score (nSPS) is 15.2. The van der Waals surface area contributed by atoms with Gasteiger partial charge in [-0.15, -0.1) is 0 Å². The third-order valence-electron chi connectivity index (χ3n) is 3.03. The zero-order valence-electron chi connectivity index (χ0n) is 16.5. The van der Waals surface area contributed by atoms with E-state index in [1.54, 1.807) is 13.8 Å². The van der Waals surface area contributed by atoms with E-state index in [1.807, 2.05) is 0 Å². The Balaban J connectivity index is -0.000000383. The van der Waals surface area contributed by atoms with Gasteiger partial charge in [0.2, 0.25) is 0 Å². The highest BCUT2D eigenvalue weighted by Gasteiger charge is 2.21. The number of aliphatic hydroxyl groups is 1. The number of rotatable bonds is 9. The molecule has 0 aliphatic rings. The Hall–Kier alpha value is -1.97. The predicted octanol–water partition coefficient (Wildman–Crippen LogP) is -2.97. The Morgan fingerprint density at radius 1 is 0.828 bits per heavy atom. The maximum Gasteiger partial charge on any atom is 0.324 e. The number of hydrogen-bond acceptors (Lipinski definition) is 11. The zero-order chi connectivity index (χ0) is 23.9. The van der Waals surface area contributed by atoms with Crippen molar-refractivity contribution in [2.45, 2.75) is 51.0 Å². The fourth-order valence-electron chi connectivity index (χ4n) is 0.896. The summed E-state index contributed by atoms with van der Waals surface area (Å²) >= 11 is 3.65. The highest BCUT2D eigenvalue weighted by molar-refractivity contribution is 7.80. The molecule has 14 heteroatoms. The minimum Gasteiger partial charge on any atom is -0.480 e. The predicted molar refractivity (Wildman–Crippen MR) is 106 cm³/mol. The monoisotopic (exact) mass is 444 g/mol. The minimum atomic E-state index is -1.21. The summed E-state index contributed by atoms with van der Waals surface area (Å²) in [6, 6.07) is -3.91. The van der Waals surface area contributed by atoms with Crippen LogP contribution in [0.3, 0.4) is 0 Å². The zero-order valence-corrected chi connectivity index (χ0v) is 17.4. The first-order chi connectivity index (χ1) is 13.1. The molecular weight excluding hydrogens is 412 g/mol. The summed E-state index contributed by atoms with van der Waals surface area (Å²) in [6.45, 7) is 4.51. The first kappa shape index (κ1) is 31.7. The van der Waals surface area contributed by atoms with Crippen molar-refractivity contribution < 1.29 is 44.3 Å². The molecule has 0 heterocycles. The molecule has 13 nitrogen and oxygen atoms in total. The summed E-state index contributed by atoms with van der Waals surface area (Å²) < 4.78 is 4.62. The number of aliphatic carboxylic acids is 3. The smallest absolute Gasteiger partial charge is 0.324 e. The Kier molecular flexibility index (Phi) is 18.5. The van der Waals surface area contributed by atoms with E-state index < -0.39 is 54.1 Å². The molecule has 0 aromatic carbocycles. The van der Waals surface area contributed by atoms with Gasteiger partial charge in [0.15, 0.2) is 0 Å². The van der Waals surface area contributed by atoms with Gasteiger partial charge in [0, 0.05) is 5.75 Å². The second-order valence-electron chi connectivity index (χ2n) is 6.08. The topological polar surface area (TPSA) is 263 Å². The van der Waals surface area contributed by atoms with Gasteiger partial charge in [-0.1, -0.05) is 13.8 Å². The van der Waals surface area contributed by atoms with Crippen molar-refractivity contribution in [3.63, 3.8) is 0 Å². The van der Waals surface area contributed by atoms with E-state index in [0.29, 0.717) is 0 Å². The summed E-state index contributed by atoms with van der Waals surface area (Å²) in [5, 5.41) is 33.0. The molecule has 0 fully saturated rings. The van der Waals surface area contributed by atoms with E-state index in [2.05, 4.69) is 17.4 Å². The third kappa shape index (κ3) is 17.8. The highest BCUT2D eigenvalue weighted by Crippen LogP contribution is 2.00. The van der Waals surface area contributed by atoms with E-state index >= 15 is 0 Å². The molecule has 0 aromatic rings. The molecule has 0 radical (unpaired) electrons. The van der Waals surface area contributed by atoms with Gasteiger partial charge in [0.1, 0.15) is 30.8 Å². The Morgan fingerprint density at radius 3 is 1.41 bits per heavy atom. The lowest BCUT2D eigenvalue weighted by molar-refractivity contribution is -0.150. The number of aliphatic hydroxyl groups excluding tert-OH is 1. The summed E-state index contributed by atoms with van der Waals surface area (Å²) in [5.41, 5.74) is 20.4. The first-order valence-corrected chi connectivity index (χ1v) is 8.89. The molecule has 0 unspecified atom stereocenters. The SMILES string of the molecule is CC(C)[C@H](N)C(=O)OC[C@H](N)C(=O)O.C[C@@H](O)[C@H](N)C(=O)O.N[C@@H](CS)C(=O)O. The van der Waals surface area contributed by atoms with E-state index in [4.69, 9.17) is 43.4 Å². The van der Waals surface area contributed by atoms with Crippen molar-refractivity contribution in [3.05, 3.63) is 0 Å². The fraction of sp³-hybridized carbons (Fsp3) is 0.733. The lowest BCUT2D eigenvalue weighted by Crippen LogP contribution is -2.41. The number of thiol groups is 1. The summed E-state index contributed by atoms with van der Waals surface area (Å²) in [4.78, 5) is 41.0. The standard InChI is InChI=1S/C8H16N2O4.C4H9NO3.C3H7NO2S/c1-4(2)6(10)8(13)14-3-5(9)7(11)12;1-2(6)3(5)4(7)8;4-2(1-7)3(5)6/h4-6H,3,9-10H2,1-2H3,(H,11,12);2-3,6H,5H2,1H3,(H,7,8);2,7H,1,4H2,(H,5,6)/t5-,6-;2-,3+;2-/m010/s1. The van der Waals surface area contributed by atoms with Crippen LogP contribution in [0.15, 0.2) is 0 Å². The summed E-state index contributed by atoms with van der Waals surface area (Å²) in [7, 11) is 0. The van der Waals surface area contributed by atoms with Crippen LogP contribution in [0.25, 0.3) is 0 Å². The molecule has 0 aliphatic carbocycles. The van der Waals surface area contributed by atoms with Gasteiger partial charge in [-0.05, 0) is 12.8 Å². The molecule has 0 aromatic heterocycles. The molecule has 0 spiro atoms. The lowest BCUT2D eigenvalue weighted by atomic mass is 10.1. The van der Waals surface area contributed by atoms with E-state index in [1.165, 1.54) is 6.92 Å². The second-order valence-corrected chi connectivity index (χ2v) is 6.44. The van der Waals surface area contributed by atoms with Gasteiger partial charge in [0.05, 0.1) is 6.10 Å². The average Bonchev–Trinajstić information content (AvgIpc) is 2.63. The lowest BCUT2D eigenvalue weighted by Gasteiger charge is -2.15. The van der Waals surface area contributed by atoms with Crippen molar-refractivity contribution in [1.29, 1.82) is 0 Å². The van der Waals surface area contributed by atoms with Crippen LogP contribution < -0.4 is 22.9 Å². The molecule has 0 aliphatic heterocycles. The third-order valence-corrected chi connectivity index (χ3v) is 3.42. The molecule has 0 amide bonds. The second kappa shape index (κ2) is 16.9. The van der Waals surface area contributed by atoms with Crippen LogP contribution >= 0.6 is 12.6 Å². The average molecular weight is 445 g/mol. The summed E-state index contributed by atoms with van der Waals surface area (Å²) in [5.74, 6) is -3.89. The number of carbonyl (C=O) groups is 4. The molecule has 5 atom stereocenters. The van der Waals surface area contributed by atoms with Crippen molar-refractivity contribution >= 4 is 36.5 Å². The number of carboxylic acid groups (broad SMARTS) is 3. The Morgan fingerprint density at radius 2 is 1.24 bits per heavy atom. The van der Waals surface area contributed by atoms with Crippen LogP contribution in [0.4, 0.5) is 0 Å². The van der Waals surface area contributed by atoms with Gasteiger partial charge in [0.25, 0.3) is 0 Å². The van der Waals surface area contributed by atoms with Gasteiger partial charge < -0.3 is 48.1 Å². The van der Waals surface area contributed by atoms with Crippen LogP contribution in [-0.4, -0.2) is 86.9 Å². The van der Waals surface area contributed by atoms with Crippen LogP contribution in [-0.2, 0) is 23.9 Å². The number of esters is 1. The largest absolute Gasteiger partial charge is 0.480 e. The van der Waals surface area contributed by atoms with Crippen molar-refractivity contribution in [2.24, 2.45) is 28.9 Å². The maximum absolute atomic E-state index is 11.1. The molecule has 0 rings (SSSR count). The molecule has 29 heavy (non-hydrogen) atoms. The van der Waals surface area contributed by atoms with Gasteiger partial charge in [-0.25, -0.2) is 0 Å². The van der Waals surface area contributed by atoms with E-state index in [9.17, 15) is 19.2 Å². The minimum absolute atomic E-state index is 0.0523. The van der Waals surface area contributed by atoms with Crippen LogP contribution in [0.1, 0.15) is 20.8 Å². The number of carbonyl (C=O) groups excluding carboxylic acids is 1. The van der Waals surface area contributed by atoms with Crippen LogP contribution in [0.5, 0.6) is 0 Å². The fourth-order valence-corrected chi connectivity index (χ4v) is 1.05. The quantitative estimate of drug-likeness (QED) is 0.127. The van der Waals surface area contributed by atoms with Crippen LogP contribution in [0, 0.1) is 5.92 Å². The summed E-state index contributed by atoms with van der Waals surface area (Å²) in [6.07, 6.45) is -0.979. The molecule has 0 saturated heterocycles. The number of hydrogen-bond donors (Lipinski definition) is 9. The first-order valence-electron chi connectivity index (χ1n) is 8.26. The van der Waals surface area contributed by atoms with Crippen molar-refractivity contribution in [2.75, 3.05) is 12.4 Å². The van der Waals surface area contributed by atoms with Crippen molar-refractivity contribution in [3.8, 4) is 0 Å². The number of ether oxygens (including phenoxy) is 1. The van der Waals surface area contributed by atoms with Gasteiger partial charge in [-0.3, -0.25) is 19.2 Å². The molecular formula is C15H32N4O9S. The van der Waals surface area contributed by atoms with E-state index in [0.717, 1.165) is 0 Å². The Labute approximate surface area is 173 Å². The molecule has 0 saturated carbocycles. The van der Waals surface area contributed by atoms with E-state index in [-0.39, 0.29) is 18.3 Å². The molecule has 12 N–H and O–H groups in total. The molecule has 0 bridgehead atoms. The number of nitrogens with two attached hydrogens (primary N) is 4. The number of carboxylic acids is 3. The maximum atomic E-state index is 11.1. The van der Waals surface area contributed by atoms with Gasteiger partial charge >= 0.3 is 23.9 Å². The highest BCUT2D eigenvalue weighted by atomic mass is 32.1. The Bertz CT molecular complexity index is 520. The van der Waals surface area contributed by atoms with Crippen LogP contribution in [0.2, 0.25) is 0 Å².